The number of ether oxygens (including phenoxy) is 1. The maximum Gasteiger partial charge on any atom is 0.338 e. The van der Waals surface area contributed by atoms with Gasteiger partial charge < -0.3 is 10.1 Å². The van der Waals surface area contributed by atoms with Crippen LogP contribution in [0.4, 0.5) is 11.4 Å². The number of carbonyl (C=O) groups is 1. The van der Waals surface area contributed by atoms with Gasteiger partial charge in [-0.05, 0) is 68.4 Å². The summed E-state index contributed by atoms with van der Waals surface area (Å²) in [6.45, 7) is 0. The molecule has 1 aromatic carbocycles. The first-order valence-corrected chi connectivity index (χ1v) is 8.63. The highest BCUT2D eigenvalue weighted by Crippen LogP contribution is 2.56. The molecule has 1 N–H and O–H groups in total. The van der Waals surface area contributed by atoms with Crippen LogP contribution in [0.2, 0.25) is 0 Å². The number of nitro groups is 1. The molecule has 6 nitrogen and oxygen atoms in total. The second kappa shape index (κ2) is 5.46. The number of hydrogen-bond donors (Lipinski definition) is 1. The summed E-state index contributed by atoms with van der Waals surface area (Å²) < 4.78 is 4.66. The Morgan fingerprint density at radius 1 is 1.21 bits per heavy atom. The summed E-state index contributed by atoms with van der Waals surface area (Å²) >= 11 is 0. The van der Waals surface area contributed by atoms with Crippen molar-refractivity contribution >= 4 is 17.3 Å². The van der Waals surface area contributed by atoms with E-state index in [1.807, 2.05) is 0 Å². The predicted molar refractivity (Wildman–Crippen MR) is 89.0 cm³/mol. The number of carbonyl (C=O) groups excluding carboxylic acids is 1. The van der Waals surface area contributed by atoms with Crippen LogP contribution in [0.5, 0.6) is 0 Å². The van der Waals surface area contributed by atoms with Crippen LogP contribution in [0.1, 0.15) is 48.9 Å². The Morgan fingerprint density at radius 2 is 1.79 bits per heavy atom. The lowest BCUT2D eigenvalue weighted by Crippen LogP contribution is -2.54. The van der Waals surface area contributed by atoms with Crippen LogP contribution in [-0.4, -0.2) is 23.5 Å². The highest BCUT2D eigenvalue weighted by molar-refractivity contribution is 5.91. The number of anilines is 1. The van der Waals surface area contributed by atoms with E-state index in [9.17, 15) is 14.9 Å². The van der Waals surface area contributed by atoms with Crippen LogP contribution in [0.25, 0.3) is 0 Å². The van der Waals surface area contributed by atoms with Gasteiger partial charge in [0.15, 0.2) is 0 Å². The third-order valence-electron chi connectivity index (χ3n) is 6.05. The molecule has 1 aromatic rings. The average Bonchev–Trinajstić information content (AvgIpc) is 2.52. The van der Waals surface area contributed by atoms with Crippen LogP contribution in [0.15, 0.2) is 18.2 Å². The Balaban J connectivity index is 1.64. The minimum absolute atomic E-state index is 0.00765. The van der Waals surface area contributed by atoms with Crippen LogP contribution >= 0.6 is 0 Å². The number of rotatable bonds is 4. The van der Waals surface area contributed by atoms with Crippen molar-refractivity contribution < 1.29 is 14.5 Å². The number of nitrogens with one attached hydrogen (secondary N) is 1. The first-order chi connectivity index (χ1) is 11.5. The molecule has 4 aliphatic rings. The van der Waals surface area contributed by atoms with Gasteiger partial charge in [0.1, 0.15) is 5.69 Å². The van der Waals surface area contributed by atoms with Crippen molar-refractivity contribution in [3.63, 3.8) is 0 Å². The summed E-state index contributed by atoms with van der Waals surface area (Å²) in [5.41, 5.74) is 0.676. The zero-order valence-electron chi connectivity index (χ0n) is 13.8. The van der Waals surface area contributed by atoms with E-state index in [1.54, 1.807) is 12.1 Å². The molecule has 6 heteroatoms. The highest BCUT2D eigenvalue weighted by atomic mass is 16.6. The molecule has 4 saturated carbocycles. The van der Waals surface area contributed by atoms with E-state index in [4.69, 9.17) is 0 Å². The molecule has 4 aliphatic carbocycles. The molecule has 0 saturated heterocycles. The summed E-state index contributed by atoms with van der Waals surface area (Å²) in [5.74, 6) is 1.73. The average molecular weight is 330 g/mol. The van der Waals surface area contributed by atoms with Gasteiger partial charge in [-0.25, -0.2) is 4.79 Å². The van der Waals surface area contributed by atoms with E-state index in [0.717, 1.165) is 37.0 Å². The molecule has 5 rings (SSSR count). The van der Waals surface area contributed by atoms with Crippen molar-refractivity contribution in [3.8, 4) is 0 Å². The van der Waals surface area contributed by atoms with Crippen LogP contribution in [-0.2, 0) is 4.74 Å². The molecule has 0 radical (unpaired) electrons. The first-order valence-electron chi connectivity index (χ1n) is 8.63. The van der Waals surface area contributed by atoms with Crippen LogP contribution in [0, 0.1) is 27.9 Å². The van der Waals surface area contributed by atoms with Gasteiger partial charge in [0, 0.05) is 11.6 Å². The van der Waals surface area contributed by atoms with Crippen molar-refractivity contribution in [1.82, 2.24) is 0 Å². The van der Waals surface area contributed by atoms with E-state index in [2.05, 4.69) is 10.1 Å². The highest BCUT2D eigenvalue weighted by Gasteiger charge is 2.51. The van der Waals surface area contributed by atoms with Crippen molar-refractivity contribution in [2.24, 2.45) is 17.8 Å². The van der Waals surface area contributed by atoms with Gasteiger partial charge in [0.2, 0.25) is 0 Å². The quantitative estimate of drug-likeness (QED) is 0.516. The number of hydrogen-bond acceptors (Lipinski definition) is 5. The largest absolute Gasteiger partial charge is 0.465 e. The number of nitro benzene ring substituents is 1. The van der Waals surface area contributed by atoms with Gasteiger partial charge in [-0.15, -0.1) is 0 Å². The van der Waals surface area contributed by atoms with Gasteiger partial charge in [-0.2, -0.15) is 0 Å². The van der Waals surface area contributed by atoms with Gasteiger partial charge >= 0.3 is 5.97 Å². The third-order valence-corrected chi connectivity index (χ3v) is 6.05. The standard InChI is InChI=1S/C18H22N2O4/c1-24-17(21)14-2-3-15(16(7-14)20(22)23)19-18-8-11-4-12(9-18)6-13(5-11)10-18/h2-3,7,11-13,19H,4-6,8-10H2,1H3. The Kier molecular flexibility index (Phi) is 3.51. The minimum atomic E-state index is -0.556. The first kappa shape index (κ1) is 15.4. The van der Waals surface area contributed by atoms with Crippen LogP contribution in [0.3, 0.4) is 0 Å². The topological polar surface area (TPSA) is 81.5 Å². The van der Waals surface area contributed by atoms with E-state index in [0.29, 0.717) is 5.69 Å². The van der Waals surface area contributed by atoms with Crippen molar-refractivity contribution in [2.75, 3.05) is 12.4 Å². The van der Waals surface area contributed by atoms with E-state index < -0.39 is 10.9 Å². The summed E-state index contributed by atoms with van der Waals surface area (Å²) in [5, 5.41) is 15.0. The normalized spacial score (nSPS) is 33.3. The fourth-order valence-corrected chi connectivity index (χ4v) is 5.58. The second-order valence-electron chi connectivity index (χ2n) is 7.80. The second-order valence-corrected chi connectivity index (χ2v) is 7.80. The summed E-state index contributed by atoms with van der Waals surface area (Å²) in [6.07, 6.45) is 7.29. The molecule has 0 spiro atoms. The van der Waals surface area contributed by atoms with Gasteiger partial charge in [-0.1, -0.05) is 0 Å². The molecule has 0 aromatic heterocycles. The van der Waals surface area contributed by atoms with Crippen molar-refractivity contribution in [3.05, 3.63) is 33.9 Å². The van der Waals surface area contributed by atoms with E-state index in [1.165, 1.54) is 32.4 Å². The molecule has 0 atom stereocenters. The molecule has 24 heavy (non-hydrogen) atoms. The molecular formula is C18H22N2O4. The molecule has 4 bridgehead atoms. The SMILES string of the molecule is COC(=O)c1ccc(NC23CC4CC(CC(C4)C2)C3)c([N+](=O)[O-])c1. The predicted octanol–water partition coefficient (Wildman–Crippen LogP) is 3.76. The summed E-state index contributed by atoms with van der Waals surface area (Å²) in [6, 6.07) is 4.57. The molecule has 0 amide bonds. The lowest BCUT2D eigenvalue weighted by atomic mass is 9.53. The van der Waals surface area contributed by atoms with Gasteiger partial charge in [0.25, 0.3) is 5.69 Å². The molecule has 0 heterocycles. The zero-order valence-corrected chi connectivity index (χ0v) is 13.8. The Morgan fingerprint density at radius 3 is 2.29 bits per heavy atom. The smallest absolute Gasteiger partial charge is 0.338 e. The molecule has 0 aliphatic heterocycles. The molecule has 128 valence electrons. The molecular weight excluding hydrogens is 308 g/mol. The van der Waals surface area contributed by atoms with Crippen molar-refractivity contribution in [2.45, 2.75) is 44.1 Å². The molecule has 0 unspecified atom stereocenters. The number of methoxy groups -OCH3 is 1. The van der Waals surface area contributed by atoms with Crippen LogP contribution < -0.4 is 5.32 Å². The minimum Gasteiger partial charge on any atom is -0.465 e. The Hall–Kier alpha value is -2.11. The third kappa shape index (κ3) is 2.54. The fraction of sp³-hybridized carbons (Fsp3) is 0.611. The Labute approximate surface area is 140 Å². The summed E-state index contributed by atoms with van der Waals surface area (Å²) in [7, 11) is 1.27. The van der Waals surface area contributed by atoms with Gasteiger partial charge in [0.05, 0.1) is 17.6 Å². The number of benzene rings is 1. The lowest BCUT2D eigenvalue weighted by molar-refractivity contribution is -0.384. The maximum atomic E-state index is 11.6. The monoisotopic (exact) mass is 330 g/mol. The van der Waals surface area contributed by atoms with E-state index >= 15 is 0 Å². The maximum absolute atomic E-state index is 11.6. The lowest BCUT2D eigenvalue weighted by Gasteiger charge is -2.57. The fourth-order valence-electron chi connectivity index (χ4n) is 5.58. The molecule has 4 fully saturated rings. The zero-order chi connectivity index (χ0) is 16.9. The van der Waals surface area contributed by atoms with Crippen molar-refractivity contribution in [1.29, 1.82) is 0 Å². The number of esters is 1. The summed E-state index contributed by atoms with van der Waals surface area (Å²) in [4.78, 5) is 22.7. The van der Waals surface area contributed by atoms with E-state index in [-0.39, 0.29) is 16.8 Å². The van der Waals surface area contributed by atoms with Gasteiger partial charge in [-0.3, -0.25) is 10.1 Å². The Bertz CT molecular complexity index is 665. The number of nitrogens with zero attached hydrogens (tertiary/aromatic N) is 1.